The van der Waals surface area contributed by atoms with Crippen molar-refractivity contribution in [3.63, 3.8) is 0 Å². The van der Waals surface area contributed by atoms with Gasteiger partial charge in [-0.05, 0) is 37.1 Å². The maximum Gasteiger partial charge on any atom is 0.326 e. The number of carboxylic acids is 1. The summed E-state index contributed by atoms with van der Waals surface area (Å²) >= 11 is 3.33. The molecule has 1 aromatic carbocycles. The second-order valence-electron chi connectivity index (χ2n) is 4.27. The van der Waals surface area contributed by atoms with Crippen molar-refractivity contribution in [2.24, 2.45) is 0 Å². The minimum absolute atomic E-state index is 0.250. The van der Waals surface area contributed by atoms with E-state index in [4.69, 9.17) is 9.84 Å². The summed E-state index contributed by atoms with van der Waals surface area (Å²) in [5.74, 6) is -0.531. The smallest absolute Gasteiger partial charge is 0.326 e. The van der Waals surface area contributed by atoms with Crippen LogP contribution in [0.15, 0.2) is 28.7 Å². The molecule has 6 heteroatoms. The average Bonchev–Trinajstić information content (AvgIpc) is 2.42. The van der Waals surface area contributed by atoms with Crippen molar-refractivity contribution < 1.29 is 19.4 Å². The van der Waals surface area contributed by atoms with E-state index in [9.17, 15) is 9.59 Å². The standard InChI is InChI=1S/C14H18BrNO4/c1-2-12(14(18)19)16-13(17)4-3-9-20-11-7-5-10(15)6-8-11/h5-8,12H,2-4,9H2,1H3,(H,16,17)(H,18,19)/t12-/m1/s1. The van der Waals surface area contributed by atoms with Gasteiger partial charge in [0.1, 0.15) is 11.8 Å². The fourth-order valence-corrected chi connectivity index (χ4v) is 1.82. The van der Waals surface area contributed by atoms with Gasteiger partial charge in [-0.25, -0.2) is 4.79 Å². The van der Waals surface area contributed by atoms with Crippen molar-refractivity contribution in [3.8, 4) is 5.75 Å². The normalized spacial score (nSPS) is 11.7. The van der Waals surface area contributed by atoms with Gasteiger partial charge in [0.2, 0.25) is 5.91 Å². The van der Waals surface area contributed by atoms with Crippen LogP contribution in [0.25, 0.3) is 0 Å². The summed E-state index contributed by atoms with van der Waals surface area (Å²) in [5, 5.41) is 11.3. The van der Waals surface area contributed by atoms with Crippen molar-refractivity contribution in [2.75, 3.05) is 6.61 Å². The highest BCUT2D eigenvalue weighted by molar-refractivity contribution is 9.10. The number of carboxylic acid groups (broad SMARTS) is 1. The van der Waals surface area contributed by atoms with Crippen molar-refractivity contribution >= 4 is 27.8 Å². The van der Waals surface area contributed by atoms with E-state index in [-0.39, 0.29) is 12.3 Å². The fourth-order valence-electron chi connectivity index (χ4n) is 1.56. The van der Waals surface area contributed by atoms with Gasteiger partial charge in [0.25, 0.3) is 0 Å². The van der Waals surface area contributed by atoms with Crippen LogP contribution in [0.3, 0.4) is 0 Å². The molecular formula is C14H18BrNO4. The summed E-state index contributed by atoms with van der Waals surface area (Å²) in [6.07, 6.45) is 1.16. The molecule has 1 aromatic rings. The first-order valence-electron chi connectivity index (χ1n) is 6.43. The quantitative estimate of drug-likeness (QED) is 0.711. The zero-order valence-corrected chi connectivity index (χ0v) is 12.9. The summed E-state index contributed by atoms with van der Waals surface area (Å²) in [6.45, 7) is 2.13. The number of hydrogen-bond acceptors (Lipinski definition) is 3. The van der Waals surface area contributed by atoms with Gasteiger partial charge in [-0.1, -0.05) is 22.9 Å². The molecule has 1 atom stereocenters. The number of carbonyl (C=O) groups is 2. The van der Waals surface area contributed by atoms with E-state index in [1.165, 1.54) is 0 Å². The van der Waals surface area contributed by atoms with Crippen LogP contribution >= 0.6 is 15.9 Å². The van der Waals surface area contributed by atoms with Crippen LogP contribution in [0.4, 0.5) is 0 Å². The summed E-state index contributed by atoms with van der Waals surface area (Å²) in [5.41, 5.74) is 0. The van der Waals surface area contributed by atoms with Crippen molar-refractivity contribution in [1.82, 2.24) is 5.32 Å². The van der Waals surface area contributed by atoms with Crippen LogP contribution in [-0.2, 0) is 9.59 Å². The van der Waals surface area contributed by atoms with Crippen LogP contribution in [0.5, 0.6) is 5.75 Å². The van der Waals surface area contributed by atoms with Gasteiger partial charge >= 0.3 is 5.97 Å². The Morgan fingerprint density at radius 1 is 1.35 bits per heavy atom. The summed E-state index contributed by atoms with van der Waals surface area (Å²) in [4.78, 5) is 22.3. The zero-order valence-electron chi connectivity index (χ0n) is 11.3. The molecule has 0 radical (unpaired) electrons. The highest BCUT2D eigenvalue weighted by Crippen LogP contribution is 2.16. The van der Waals surface area contributed by atoms with E-state index in [0.717, 1.165) is 10.2 Å². The molecule has 0 bridgehead atoms. The lowest BCUT2D eigenvalue weighted by Gasteiger charge is -2.12. The monoisotopic (exact) mass is 343 g/mol. The number of rotatable bonds is 8. The van der Waals surface area contributed by atoms with Crippen LogP contribution in [0.1, 0.15) is 26.2 Å². The molecule has 0 unspecified atom stereocenters. The van der Waals surface area contributed by atoms with E-state index in [1.54, 1.807) is 6.92 Å². The second-order valence-corrected chi connectivity index (χ2v) is 5.19. The van der Waals surface area contributed by atoms with Crippen molar-refractivity contribution in [2.45, 2.75) is 32.2 Å². The number of carbonyl (C=O) groups excluding carboxylic acids is 1. The topological polar surface area (TPSA) is 75.6 Å². The van der Waals surface area contributed by atoms with Gasteiger partial charge in [-0.15, -0.1) is 0 Å². The van der Waals surface area contributed by atoms with E-state index >= 15 is 0 Å². The summed E-state index contributed by atoms with van der Waals surface area (Å²) in [6, 6.07) is 6.61. The van der Waals surface area contributed by atoms with Gasteiger partial charge in [0, 0.05) is 10.9 Å². The Morgan fingerprint density at radius 2 is 2.00 bits per heavy atom. The number of ether oxygens (including phenoxy) is 1. The molecule has 1 amide bonds. The van der Waals surface area contributed by atoms with Gasteiger partial charge in [0.15, 0.2) is 0 Å². The van der Waals surface area contributed by atoms with E-state index in [0.29, 0.717) is 19.4 Å². The number of aliphatic carboxylic acids is 1. The number of amides is 1. The molecule has 0 aliphatic heterocycles. The predicted octanol–water partition coefficient (Wildman–Crippen LogP) is 2.59. The van der Waals surface area contributed by atoms with E-state index < -0.39 is 12.0 Å². The first kappa shape index (κ1) is 16.5. The molecule has 0 saturated heterocycles. The Hall–Kier alpha value is -1.56. The SMILES string of the molecule is CC[C@@H](NC(=O)CCCOc1ccc(Br)cc1)C(=O)O. The molecule has 0 aromatic heterocycles. The molecule has 0 fully saturated rings. The largest absolute Gasteiger partial charge is 0.494 e. The molecule has 0 aliphatic rings. The van der Waals surface area contributed by atoms with Gasteiger partial charge < -0.3 is 15.2 Å². The Morgan fingerprint density at radius 3 is 2.55 bits per heavy atom. The number of benzene rings is 1. The predicted molar refractivity (Wildman–Crippen MR) is 78.7 cm³/mol. The first-order valence-corrected chi connectivity index (χ1v) is 7.22. The Labute approximate surface area is 126 Å². The highest BCUT2D eigenvalue weighted by Gasteiger charge is 2.16. The maximum absolute atomic E-state index is 11.5. The summed E-state index contributed by atoms with van der Waals surface area (Å²) in [7, 11) is 0. The molecule has 2 N–H and O–H groups in total. The van der Waals surface area contributed by atoms with Gasteiger partial charge in [-0.3, -0.25) is 4.79 Å². The van der Waals surface area contributed by atoms with E-state index in [1.807, 2.05) is 24.3 Å². The third-order valence-electron chi connectivity index (χ3n) is 2.67. The van der Waals surface area contributed by atoms with Crippen molar-refractivity contribution in [1.29, 1.82) is 0 Å². The number of hydrogen-bond donors (Lipinski definition) is 2. The van der Waals surface area contributed by atoms with Crippen molar-refractivity contribution in [3.05, 3.63) is 28.7 Å². The lowest BCUT2D eigenvalue weighted by Crippen LogP contribution is -2.40. The molecule has 0 aliphatic carbocycles. The van der Waals surface area contributed by atoms with Crippen LogP contribution in [0, 0.1) is 0 Å². The van der Waals surface area contributed by atoms with Crippen LogP contribution < -0.4 is 10.1 Å². The number of nitrogens with one attached hydrogen (secondary N) is 1. The van der Waals surface area contributed by atoms with Gasteiger partial charge in [-0.2, -0.15) is 0 Å². The van der Waals surface area contributed by atoms with Crippen LogP contribution in [-0.4, -0.2) is 29.6 Å². The lowest BCUT2D eigenvalue weighted by atomic mass is 10.2. The zero-order chi connectivity index (χ0) is 15.0. The Balaban J connectivity index is 2.22. The minimum atomic E-state index is -1.01. The van der Waals surface area contributed by atoms with Crippen LogP contribution in [0.2, 0.25) is 0 Å². The second kappa shape index (κ2) is 8.58. The third kappa shape index (κ3) is 6.06. The average molecular weight is 344 g/mol. The molecule has 0 spiro atoms. The third-order valence-corrected chi connectivity index (χ3v) is 3.20. The first-order chi connectivity index (χ1) is 9.52. The Kier molecular flexibility index (Phi) is 7.08. The molecule has 5 nitrogen and oxygen atoms in total. The molecule has 0 heterocycles. The summed E-state index contributed by atoms with van der Waals surface area (Å²) < 4.78 is 6.45. The molecule has 20 heavy (non-hydrogen) atoms. The minimum Gasteiger partial charge on any atom is -0.494 e. The molecule has 1 rings (SSSR count). The molecule has 0 saturated carbocycles. The van der Waals surface area contributed by atoms with E-state index in [2.05, 4.69) is 21.2 Å². The maximum atomic E-state index is 11.5. The molecular weight excluding hydrogens is 326 g/mol. The fraction of sp³-hybridized carbons (Fsp3) is 0.429. The highest BCUT2D eigenvalue weighted by atomic mass is 79.9. The molecule has 110 valence electrons. The lowest BCUT2D eigenvalue weighted by molar-refractivity contribution is -0.141. The van der Waals surface area contributed by atoms with Gasteiger partial charge in [0.05, 0.1) is 6.61 Å². The number of halogens is 1. The Bertz CT molecular complexity index is 447.